The number of pyridine rings is 3. The molecule has 0 bridgehead atoms. The number of aryl methyl sites for hydroxylation is 3. The lowest BCUT2D eigenvalue weighted by atomic mass is 10.2. The number of carbonyl (C=O) groups is 3. The van der Waals surface area contributed by atoms with Crippen molar-refractivity contribution in [1.82, 2.24) is 29.9 Å². The highest BCUT2D eigenvalue weighted by molar-refractivity contribution is 9.10. The Hall–Kier alpha value is -6.03. The van der Waals surface area contributed by atoms with Crippen molar-refractivity contribution < 1.29 is 42.2 Å². The van der Waals surface area contributed by atoms with E-state index in [1.54, 1.807) is 50.6 Å². The Morgan fingerprint density at radius 1 is 0.686 bits per heavy atom. The van der Waals surface area contributed by atoms with E-state index in [1.165, 1.54) is 18.9 Å². The lowest BCUT2D eigenvalue weighted by Gasteiger charge is -1.96. The van der Waals surface area contributed by atoms with Crippen molar-refractivity contribution in [3.8, 4) is 22.9 Å². The summed E-state index contributed by atoms with van der Waals surface area (Å²) in [6.07, 6.45) is 9.91. The van der Waals surface area contributed by atoms with E-state index in [4.69, 9.17) is 18.7 Å². The molecule has 15 nitrogen and oxygen atoms in total. The number of oxazole rings is 3. The van der Waals surface area contributed by atoms with Crippen molar-refractivity contribution >= 4 is 33.8 Å². The molecule has 0 amide bonds. The summed E-state index contributed by atoms with van der Waals surface area (Å²) >= 11 is 3.32. The molecule has 268 valence electrons. The molecule has 0 fully saturated rings. The summed E-state index contributed by atoms with van der Waals surface area (Å²) in [6, 6.07) is 11.0. The first-order valence-electron chi connectivity index (χ1n) is 14.8. The van der Waals surface area contributed by atoms with E-state index in [0.717, 1.165) is 38.9 Å². The molecule has 1 N–H and O–H groups in total. The molecule has 0 saturated carbocycles. The van der Waals surface area contributed by atoms with Gasteiger partial charge in [-0.15, -0.1) is 0 Å². The molecule has 0 saturated heterocycles. The number of aromatic carboxylic acids is 1. The second-order valence-corrected chi connectivity index (χ2v) is 10.6. The molecule has 0 aliphatic heterocycles. The minimum Gasteiger partial charge on any atom is -0.476 e. The molecule has 16 heteroatoms. The maximum atomic E-state index is 11.4. The maximum absolute atomic E-state index is 11.4. The van der Waals surface area contributed by atoms with E-state index >= 15 is 0 Å². The largest absolute Gasteiger partial charge is 0.476 e. The standard InChI is InChI=1S/C12H12N2O3.C10H8N2O3.C6H6BrN.C6H7NO3.CH4/c1-3-16-12(15)10-7-17-11(14-10)9-4-5-13-8(2)6-9;1-6-4-7(2-3-11-6)9-12-8(5-15-9)10(13)14;1-5-4-6(7)2-3-8-5;1-2-10-6(8)5-3-9-4-7-5;/h4-7H,3H2,1-2H3;2-5H,1H3,(H,13,14);2-4H,1H3;3-4H,2H2,1H3;1H4. The van der Waals surface area contributed by atoms with Crippen LogP contribution in [-0.2, 0) is 9.47 Å². The molecule has 6 heterocycles. The predicted molar refractivity (Wildman–Crippen MR) is 188 cm³/mol. The monoisotopic (exact) mass is 764 g/mol. The zero-order chi connectivity index (χ0) is 36.5. The Labute approximate surface area is 302 Å². The van der Waals surface area contributed by atoms with Gasteiger partial charge < -0.3 is 27.8 Å². The Morgan fingerprint density at radius 3 is 1.55 bits per heavy atom. The summed E-state index contributed by atoms with van der Waals surface area (Å²) < 4.78 is 25.4. The minimum absolute atomic E-state index is 0. The fraction of sp³-hybridized carbons (Fsp3) is 0.229. The molecule has 51 heavy (non-hydrogen) atoms. The highest BCUT2D eigenvalue weighted by atomic mass is 79.9. The first-order valence-corrected chi connectivity index (χ1v) is 15.6. The van der Waals surface area contributed by atoms with E-state index in [-0.39, 0.29) is 30.4 Å². The highest BCUT2D eigenvalue weighted by Gasteiger charge is 2.14. The van der Waals surface area contributed by atoms with Gasteiger partial charge in [-0.25, -0.2) is 29.3 Å². The van der Waals surface area contributed by atoms with Crippen LogP contribution in [0.4, 0.5) is 0 Å². The molecular formula is C35H37BrN6O9. The van der Waals surface area contributed by atoms with Gasteiger partial charge in [0.25, 0.3) is 0 Å². The number of carboxylic acid groups (broad SMARTS) is 1. The van der Waals surface area contributed by atoms with E-state index < -0.39 is 17.9 Å². The van der Waals surface area contributed by atoms with Gasteiger partial charge in [0.05, 0.1) is 13.2 Å². The lowest BCUT2D eigenvalue weighted by molar-refractivity contribution is 0.0510. The fourth-order valence-corrected chi connectivity index (χ4v) is 4.05. The van der Waals surface area contributed by atoms with Crippen LogP contribution in [0.5, 0.6) is 0 Å². The SMILES string of the molecule is C.CCOC(=O)c1coc(-c2ccnc(C)c2)n1.CCOC(=O)c1cocn1.Cc1cc(-c2nc(C(=O)O)co2)ccn1.Cc1cc(Br)ccn1. The number of ether oxygens (including phenoxy) is 2. The van der Waals surface area contributed by atoms with Gasteiger partial charge >= 0.3 is 17.9 Å². The van der Waals surface area contributed by atoms with Crippen LogP contribution in [0.3, 0.4) is 0 Å². The van der Waals surface area contributed by atoms with Crippen molar-refractivity contribution in [2.45, 2.75) is 42.0 Å². The van der Waals surface area contributed by atoms with Gasteiger partial charge in [0.15, 0.2) is 23.5 Å². The molecule has 0 aromatic carbocycles. The summed E-state index contributed by atoms with van der Waals surface area (Å²) in [7, 11) is 0. The van der Waals surface area contributed by atoms with Crippen molar-refractivity contribution in [2.24, 2.45) is 0 Å². The number of rotatable bonds is 7. The quantitative estimate of drug-likeness (QED) is 0.155. The third-order valence-electron chi connectivity index (χ3n) is 5.77. The van der Waals surface area contributed by atoms with Gasteiger partial charge in [0.1, 0.15) is 18.8 Å². The number of carboxylic acids is 1. The van der Waals surface area contributed by atoms with Crippen LogP contribution in [0, 0.1) is 20.8 Å². The first kappa shape index (κ1) is 41.1. The van der Waals surface area contributed by atoms with Gasteiger partial charge in [-0.2, -0.15) is 0 Å². The van der Waals surface area contributed by atoms with Crippen molar-refractivity contribution in [1.29, 1.82) is 0 Å². The number of hydrogen-bond donors (Lipinski definition) is 1. The first-order chi connectivity index (χ1) is 24.0. The van der Waals surface area contributed by atoms with Crippen LogP contribution in [0.1, 0.15) is 69.8 Å². The second-order valence-electron chi connectivity index (χ2n) is 9.68. The summed E-state index contributed by atoms with van der Waals surface area (Å²) in [5, 5.41) is 8.66. The number of nitrogens with zero attached hydrogens (tertiary/aromatic N) is 6. The zero-order valence-electron chi connectivity index (χ0n) is 27.7. The Balaban J connectivity index is 0.000000243. The average Bonchev–Trinajstić information content (AvgIpc) is 3.89. The van der Waals surface area contributed by atoms with Crippen LogP contribution in [0.2, 0.25) is 0 Å². The van der Waals surface area contributed by atoms with Crippen LogP contribution in [0.25, 0.3) is 22.9 Å². The summed E-state index contributed by atoms with van der Waals surface area (Å²) in [5.41, 5.74) is 4.51. The van der Waals surface area contributed by atoms with Gasteiger partial charge in [-0.05, 0) is 71.0 Å². The van der Waals surface area contributed by atoms with Gasteiger partial charge in [0.2, 0.25) is 11.8 Å². The molecule has 6 aromatic rings. The van der Waals surface area contributed by atoms with E-state index in [9.17, 15) is 14.4 Å². The summed E-state index contributed by atoms with van der Waals surface area (Å²) in [4.78, 5) is 56.3. The third kappa shape index (κ3) is 13.8. The topological polar surface area (TPSA) is 207 Å². The normalized spacial score (nSPS) is 9.69. The Kier molecular flexibility index (Phi) is 17.1. The van der Waals surface area contributed by atoms with Crippen LogP contribution < -0.4 is 0 Å². The number of carbonyl (C=O) groups excluding carboxylic acids is 2. The van der Waals surface area contributed by atoms with Crippen LogP contribution in [0.15, 0.2) is 97.9 Å². The van der Waals surface area contributed by atoms with E-state index in [1.807, 2.05) is 39.0 Å². The molecule has 6 rings (SSSR count). The number of aromatic nitrogens is 6. The van der Waals surface area contributed by atoms with Crippen molar-refractivity contribution in [2.75, 3.05) is 13.2 Å². The van der Waals surface area contributed by atoms with Crippen molar-refractivity contribution in [3.05, 3.63) is 119 Å². The maximum Gasteiger partial charge on any atom is 0.360 e. The molecular weight excluding hydrogens is 728 g/mol. The van der Waals surface area contributed by atoms with Gasteiger partial charge in [0, 0.05) is 51.3 Å². The van der Waals surface area contributed by atoms with Crippen LogP contribution in [-0.4, -0.2) is 66.1 Å². The average molecular weight is 766 g/mol. The molecule has 0 spiro atoms. The fourth-order valence-electron chi connectivity index (χ4n) is 3.60. The molecule has 0 unspecified atom stereocenters. The lowest BCUT2D eigenvalue weighted by Crippen LogP contribution is -2.04. The van der Waals surface area contributed by atoms with E-state index in [2.05, 4.69) is 55.0 Å². The second kappa shape index (κ2) is 21.1. The third-order valence-corrected chi connectivity index (χ3v) is 6.27. The van der Waals surface area contributed by atoms with Gasteiger partial charge in [-0.3, -0.25) is 15.0 Å². The van der Waals surface area contributed by atoms with Crippen molar-refractivity contribution in [3.63, 3.8) is 0 Å². The smallest absolute Gasteiger partial charge is 0.360 e. The molecule has 0 atom stereocenters. The summed E-state index contributed by atoms with van der Waals surface area (Å²) in [6.45, 7) is 9.82. The molecule has 6 aromatic heterocycles. The molecule has 0 aliphatic rings. The Bertz CT molecular complexity index is 1960. The summed E-state index contributed by atoms with van der Waals surface area (Å²) in [5.74, 6) is -1.35. The Morgan fingerprint density at radius 2 is 1.16 bits per heavy atom. The van der Waals surface area contributed by atoms with E-state index in [0.29, 0.717) is 19.1 Å². The molecule has 0 radical (unpaired) electrons. The zero-order valence-corrected chi connectivity index (χ0v) is 29.3. The number of hydrogen-bond acceptors (Lipinski definition) is 14. The van der Waals surface area contributed by atoms with Gasteiger partial charge in [-0.1, -0.05) is 23.4 Å². The van der Waals surface area contributed by atoms with Crippen LogP contribution >= 0.6 is 15.9 Å². The number of halogens is 1. The number of esters is 2. The predicted octanol–water partition coefficient (Wildman–Crippen LogP) is 7.60. The molecule has 0 aliphatic carbocycles. The highest BCUT2D eigenvalue weighted by Crippen LogP contribution is 2.20. The minimum atomic E-state index is -1.10.